The van der Waals surface area contributed by atoms with Crippen LogP contribution in [-0.4, -0.2) is 51.4 Å². The molecule has 0 aliphatic carbocycles. The highest BCUT2D eigenvalue weighted by molar-refractivity contribution is 8.16. The van der Waals surface area contributed by atoms with Gasteiger partial charge in [0.05, 0.1) is 25.8 Å². The first-order valence-electron chi connectivity index (χ1n) is 7.26. The van der Waals surface area contributed by atoms with Crippen LogP contribution < -0.4 is 5.32 Å². The Bertz CT molecular complexity index is 709. The van der Waals surface area contributed by atoms with Crippen molar-refractivity contribution < 1.29 is 14.3 Å². The van der Waals surface area contributed by atoms with Gasteiger partial charge in [-0.25, -0.2) is 4.79 Å². The monoisotopic (exact) mass is 335 g/mol. The van der Waals surface area contributed by atoms with E-state index in [1.807, 2.05) is 10.3 Å². The number of rotatable bonds is 5. The summed E-state index contributed by atoms with van der Waals surface area (Å²) < 4.78 is 6.42. The highest BCUT2D eigenvalue weighted by Crippen LogP contribution is 2.31. The summed E-state index contributed by atoms with van der Waals surface area (Å²) >= 11 is 1.53. The lowest BCUT2D eigenvalue weighted by atomic mass is 10.2. The molecular weight excluding hydrogens is 318 g/mol. The summed E-state index contributed by atoms with van der Waals surface area (Å²) in [7, 11) is 1.66. The van der Waals surface area contributed by atoms with Crippen LogP contribution in [-0.2, 0) is 16.6 Å². The molecule has 0 saturated carbocycles. The van der Waals surface area contributed by atoms with Crippen LogP contribution in [0.15, 0.2) is 22.3 Å². The first-order chi connectivity index (χ1) is 11.1. The Morgan fingerprint density at radius 2 is 2.30 bits per heavy atom. The minimum atomic E-state index is -0.500. The molecule has 1 aromatic heterocycles. The van der Waals surface area contributed by atoms with Crippen molar-refractivity contribution in [2.24, 2.45) is 12.0 Å². The molecule has 0 bridgehead atoms. The van der Waals surface area contributed by atoms with Gasteiger partial charge < -0.3 is 15.0 Å². The number of aryl methyl sites for hydroxylation is 1. The Kier molecular flexibility index (Phi) is 4.37. The number of carbonyl (C=O) groups excluding carboxylic acids is 2. The van der Waals surface area contributed by atoms with Gasteiger partial charge in [-0.2, -0.15) is 5.10 Å². The number of aliphatic imine (C=N–C) groups is 1. The van der Waals surface area contributed by atoms with E-state index in [-0.39, 0.29) is 24.5 Å². The zero-order chi connectivity index (χ0) is 16.4. The van der Waals surface area contributed by atoms with Gasteiger partial charge in [-0.05, 0) is 12.3 Å². The van der Waals surface area contributed by atoms with Crippen LogP contribution in [0.5, 0.6) is 0 Å². The number of amidine groups is 1. The van der Waals surface area contributed by atoms with E-state index in [4.69, 9.17) is 4.74 Å². The number of thioether (sulfide) groups is 1. The molecule has 3 heterocycles. The van der Waals surface area contributed by atoms with E-state index in [0.29, 0.717) is 5.82 Å². The van der Waals surface area contributed by atoms with Crippen molar-refractivity contribution in [2.75, 3.05) is 25.0 Å². The van der Waals surface area contributed by atoms with Gasteiger partial charge in [0.1, 0.15) is 11.4 Å². The van der Waals surface area contributed by atoms with Gasteiger partial charge in [0, 0.05) is 19.3 Å². The summed E-state index contributed by atoms with van der Waals surface area (Å²) in [6.45, 7) is 3.56. The summed E-state index contributed by atoms with van der Waals surface area (Å²) in [5, 5.41) is 9.64. The molecule has 23 heavy (non-hydrogen) atoms. The van der Waals surface area contributed by atoms with Crippen LogP contribution >= 0.6 is 11.8 Å². The van der Waals surface area contributed by atoms with E-state index in [1.54, 1.807) is 14.0 Å². The smallest absolute Gasteiger partial charge is 0.343 e. The van der Waals surface area contributed by atoms with Crippen LogP contribution in [0.1, 0.15) is 23.7 Å². The van der Waals surface area contributed by atoms with Crippen molar-refractivity contribution >= 4 is 34.6 Å². The van der Waals surface area contributed by atoms with Crippen molar-refractivity contribution in [1.29, 1.82) is 0 Å². The summed E-state index contributed by atoms with van der Waals surface area (Å²) in [5.74, 6) is -0.366. The summed E-state index contributed by atoms with van der Waals surface area (Å²) in [6.07, 6.45) is 1.61. The van der Waals surface area contributed by atoms with Crippen molar-refractivity contribution in [2.45, 2.75) is 13.3 Å². The van der Waals surface area contributed by atoms with Gasteiger partial charge in [-0.3, -0.25) is 14.5 Å². The minimum Gasteiger partial charge on any atom is -0.462 e. The second kappa shape index (κ2) is 6.45. The lowest BCUT2D eigenvalue weighted by Crippen LogP contribution is -2.25. The average Bonchev–Trinajstić information content (AvgIpc) is 3.19. The molecule has 8 nitrogen and oxygen atoms in total. The first kappa shape index (κ1) is 15.6. The lowest BCUT2D eigenvalue weighted by Gasteiger charge is -2.16. The lowest BCUT2D eigenvalue weighted by molar-refractivity contribution is -0.115. The standard InChI is InChI=1S/C14H17N5O3S/c1-3-22-13(21)10-7-16-18(2)12(10)17-11(20)6-9-8-23-14-15-4-5-19(9)14/h7-8H,3-6H2,1-2H3,(H,17,20). The molecule has 1 aromatic rings. The Hall–Kier alpha value is -2.29. The molecule has 122 valence electrons. The van der Waals surface area contributed by atoms with Crippen molar-refractivity contribution in [3.05, 3.63) is 22.9 Å². The highest BCUT2D eigenvalue weighted by Gasteiger charge is 2.28. The fraction of sp³-hybridized carbons (Fsp3) is 0.429. The maximum atomic E-state index is 12.3. The summed E-state index contributed by atoms with van der Waals surface area (Å²) in [6, 6.07) is 0. The molecule has 1 amide bonds. The molecule has 0 aromatic carbocycles. The van der Waals surface area contributed by atoms with Crippen LogP contribution in [0.25, 0.3) is 0 Å². The fourth-order valence-corrected chi connectivity index (χ4v) is 3.35. The van der Waals surface area contributed by atoms with E-state index >= 15 is 0 Å². The number of hydrogen-bond acceptors (Lipinski definition) is 7. The first-order valence-corrected chi connectivity index (χ1v) is 8.14. The van der Waals surface area contributed by atoms with Crippen molar-refractivity contribution in [3.63, 3.8) is 0 Å². The number of nitrogens with one attached hydrogen (secondary N) is 1. The maximum Gasteiger partial charge on any atom is 0.343 e. The Morgan fingerprint density at radius 3 is 3.09 bits per heavy atom. The predicted octanol–water partition coefficient (Wildman–Crippen LogP) is 1.19. The van der Waals surface area contributed by atoms with E-state index in [0.717, 1.165) is 24.0 Å². The molecule has 2 aliphatic heterocycles. The third-order valence-corrected chi connectivity index (χ3v) is 4.43. The minimum absolute atomic E-state index is 0.209. The van der Waals surface area contributed by atoms with Gasteiger partial charge in [0.25, 0.3) is 0 Å². The Morgan fingerprint density at radius 1 is 1.48 bits per heavy atom. The van der Waals surface area contributed by atoms with Gasteiger partial charge in [-0.15, -0.1) is 0 Å². The van der Waals surface area contributed by atoms with Crippen LogP contribution in [0.2, 0.25) is 0 Å². The van der Waals surface area contributed by atoms with E-state index in [2.05, 4.69) is 15.4 Å². The van der Waals surface area contributed by atoms with Crippen LogP contribution in [0, 0.1) is 0 Å². The maximum absolute atomic E-state index is 12.3. The number of amides is 1. The summed E-state index contributed by atoms with van der Waals surface area (Å²) in [4.78, 5) is 30.6. The van der Waals surface area contributed by atoms with E-state index in [1.165, 1.54) is 22.6 Å². The molecule has 9 heteroatoms. The number of fused-ring (bicyclic) bond motifs is 1. The van der Waals surface area contributed by atoms with Gasteiger partial charge in [0.15, 0.2) is 5.17 Å². The highest BCUT2D eigenvalue weighted by atomic mass is 32.2. The molecule has 0 saturated heterocycles. The van der Waals surface area contributed by atoms with Crippen molar-refractivity contribution in [1.82, 2.24) is 14.7 Å². The number of nitrogens with zero attached hydrogens (tertiary/aromatic N) is 4. The molecule has 1 N–H and O–H groups in total. The molecule has 2 aliphatic rings. The second-order valence-electron chi connectivity index (χ2n) is 5.02. The molecule has 0 unspecified atom stereocenters. The number of hydrogen-bond donors (Lipinski definition) is 1. The molecular formula is C14H17N5O3S. The number of aromatic nitrogens is 2. The van der Waals surface area contributed by atoms with Gasteiger partial charge in [-0.1, -0.05) is 11.8 Å². The average molecular weight is 335 g/mol. The second-order valence-corrected chi connectivity index (χ2v) is 5.86. The third-order valence-electron chi connectivity index (χ3n) is 3.48. The molecule has 0 atom stereocenters. The largest absolute Gasteiger partial charge is 0.462 e. The zero-order valence-corrected chi connectivity index (χ0v) is 13.7. The predicted molar refractivity (Wildman–Crippen MR) is 87.1 cm³/mol. The SMILES string of the molecule is CCOC(=O)c1cnn(C)c1NC(=O)CC1=CSC2=NCCN12. The number of esters is 1. The summed E-state index contributed by atoms with van der Waals surface area (Å²) in [5.41, 5.74) is 1.17. The Balaban J connectivity index is 1.68. The Labute approximate surface area is 137 Å². The van der Waals surface area contributed by atoms with E-state index < -0.39 is 5.97 Å². The topological polar surface area (TPSA) is 88.8 Å². The van der Waals surface area contributed by atoms with Gasteiger partial charge >= 0.3 is 5.97 Å². The normalized spacial score (nSPS) is 16.0. The number of carbonyl (C=O) groups is 2. The molecule has 0 spiro atoms. The number of anilines is 1. The molecule has 0 fully saturated rings. The number of ether oxygens (including phenoxy) is 1. The fourth-order valence-electron chi connectivity index (χ4n) is 2.40. The zero-order valence-electron chi connectivity index (χ0n) is 12.9. The quantitative estimate of drug-likeness (QED) is 0.813. The van der Waals surface area contributed by atoms with Crippen LogP contribution in [0.3, 0.4) is 0 Å². The van der Waals surface area contributed by atoms with E-state index in [9.17, 15) is 9.59 Å². The molecule has 0 radical (unpaired) electrons. The third kappa shape index (κ3) is 3.09. The van der Waals surface area contributed by atoms with Crippen LogP contribution in [0.4, 0.5) is 5.82 Å². The van der Waals surface area contributed by atoms with Gasteiger partial charge in [0.2, 0.25) is 5.91 Å². The van der Waals surface area contributed by atoms with Crippen molar-refractivity contribution in [3.8, 4) is 0 Å². The molecule has 3 rings (SSSR count).